The molecule has 0 amide bonds. The zero-order valence-electron chi connectivity index (χ0n) is 30.0. The first kappa shape index (κ1) is 42.4. The summed E-state index contributed by atoms with van der Waals surface area (Å²) in [7, 11) is 1.66. The van der Waals surface area contributed by atoms with Crippen molar-refractivity contribution in [3.8, 4) is 0 Å². The minimum absolute atomic E-state index is 0.00804. The highest BCUT2D eigenvalue weighted by Crippen LogP contribution is 2.35. The highest BCUT2D eigenvalue weighted by Gasteiger charge is 2.42. The standard InChI is InChI=1S/C39H59NO9/c1-28(38(44)30(3)31(4)46-6)19-17-15-13-11-9-7-8-10-12-14-16-18-20-33(48-37-22-21-35(43)32(5)47-37)25-36-34(40-27-41)23-24-39(45,49-36)26-29(2)42/h7-20,28-38,42-45H,21-26H2,1-6H3/b8-7+,11-9+,12-10+,15-13+,16-14+,19-17+,20-18+/t28-,29-,30-,31-,32+,33-,34+,35-,36-,37-,38+,39-/m0/s1. The van der Waals surface area contributed by atoms with Gasteiger partial charge < -0.3 is 39.4 Å². The number of aliphatic hydroxyl groups excluding tert-OH is 3. The second-order valence-electron chi connectivity index (χ2n) is 13.2. The lowest BCUT2D eigenvalue weighted by atomic mass is 9.89. The average molecular weight is 686 g/mol. The minimum Gasteiger partial charge on any atom is -0.393 e. The van der Waals surface area contributed by atoms with Crippen LogP contribution >= 0.6 is 0 Å². The van der Waals surface area contributed by atoms with Crippen molar-refractivity contribution >= 4 is 6.08 Å². The summed E-state index contributed by atoms with van der Waals surface area (Å²) in [6.45, 7) is 9.33. The summed E-state index contributed by atoms with van der Waals surface area (Å²) in [5.74, 6) is -1.48. The molecule has 10 heteroatoms. The van der Waals surface area contributed by atoms with Crippen LogP contribution in [0, 0.1) is 11.8 Å². The topological polar surface area (TPSA) is 147 Å². The van der Waals surface area contributed by atoms with Gasteiger partial charge in [0.2, 0.25) is 6.08 Å². The van der Waals surface area contributed by atoms with Crippen molar-refractivity contribution in [1.29, 1.82) is 0 Å². The van der Waals surface area contributed by atoms with Crippen LogP contribution in [0.1, 0.15) is 73.1 Å². The van der Waals surface area contributed by atoms with Gasteiger partial charge in [0, 0.05) is 44.6 Å². The molecule has 2 heterocycles. The molecule has 274 valence electrons. The average Bonchev–Trinajstić information content (AvgIpc) is 3.06. The van der Waals surface area contributed by atoms with Gasteiger partial charge in [-0.1, -0.05) is 98.9 Å². The summed E-state index contributed by atoms with van der Waals surface area (Å²) in [5.41, 5.74) is 0. The molecular weight excluding hydrogens is 626 g/mol. The predicted octanol–water partition coefficient (Wildman–Crippen LogP) is 5.55. The number of rotatable bonds is 19. The van der Waals surface area contributed by atoms with E-state index in [2.05, 4.69) is 4.99 Å². The first-order valence-corrected chi connectivity index (χ1v) is 17.4. The predicted molar refractivity (Wildman–Crippen MR) is 191 cm³/mol. The molecule has 0 aromatic heterocycles. The Morgan fingerprint density at radius 2 is 1.47 bits per heavy atom. The fourth-order valence-corrected chi connectivity index (χ4v) is 5.81. The number of aliphatic hydroxyl groups is 4. The SMILES string of the molecule is CO[C@@H](C)[C@H](C)[C@H](O)[C@@H](C)/C=C/C=C/C=C/C=C/C=C/C=C/C=C/[C@@H](C[C@@H]1O[C@](O)(C[C@H](C)O)CC[C@H]1N=C=O)O[C@H]1CC[C@H](O)[C@@H](C)O1. The van der Waals surface area contributed by atoms with Crippen molar-refractivity contribution in [1.82, 2.24) is 0 Å². The molecule has 2 fully saturated rings. The van der Waals surface area contributed by atoms with Crippen molar-refractivity contribution in [3.05, 3.63) is 85.1 Å². The summed E-state index contributed by atoms with van der Waals surface area (Å²) >= 11 is 0. The highest BCUT2D eigenvalue weighted by atomic mass is 16.7. The van der Waals surface area contributed by atoms with Crippen molar-refractivity contribution in [2.24, 2.45) is 16.8 Å². The van der Waals surface area contributed by atoms with E-state index in [1.54, 1.807) is 27.0 Å². The molecule has 0 bridgehead atoms. The van der Waals surface area contributed by atoms with Crippen LogP contribution in [-0.2, 0) is 23.7 Å². The molecule has 0 aliphatic carbocycles. The Morgan fingerprint density at radius 1 is 0.898 bits per heavy atom. The molecule has 2 aliphatic heterocycles. The number of nitrogens with zero attached hydrogens (tertiary/aromatic N) is 1. The van der Waals surface area contributed by atoms with E-state index in [1.165, 1.54) is 0 Å². The molecule has 10 nitrogen and oxygen atoms in total. The smallest absolute Gasteiger partial charge is 0.235 e. The second kappa shape index (κ2) is 22.9. The lowest BCUT2D eigenvalue weighted by molar-refractivity contribution is -0.277. The van der Waals surface area contributed by atoms with E-state index in [0.29, 0.717) is 19.3 Å². The maximum atomic E-state index is 11.1. The van der Waals surface area contributed by atoms with E-state index in [-0.39, 0.29) is 43.3 Å². The third kappa shape index (κ3) is 16.2. The minimum atomic E-state index is -1.53. The molecule has 0 radical (unpaired) electrons. The molecule has 4 N–H and O–H groups in total. The molecule has 2 aliphatic rings. The van der Waals surface area contributed by atoms with E-state index in [4.69, 9.17) is 18.9 Å². The Balaban J connectivity index is 1.96. The number of isocyanates is 1. The highest BCUT2D eigenvalue weighted by molar-refractivity contribution is 5.34. The van der Waals surface area contributed by atoms with Gasteiger partial charge in [0.05, 0.1) is 48.8 Å². The summed E-state index contributed by atoms with van der Waals surface area (Å²) in [4.78, 5) is 15.1. The number of carbonyl (C=O) groups excluding carboxylic acids is 1. The monoisotopic (exact) mass is 685 g/mol. The first-order chi connectivity index (χ1) is 23.4. The van der Waals surface area contributed by atoms with Crippen LogP contribution in [0.2, 0.25) is 0 Å². The van der Waals surface area contributed by atoms with Gasteiger partial charge in [-0.3, -0.25) is 0 Å². The van der Waals surface area contributed by atoms with Crippen LogP contribution in [0.25, 0.3) is 0 Å². The van der Waals surface area contributed by atoms with Crippen molar-refractivity contribution in [3.63, 3.8) is 0 Å². The number of hydrogen-bond donors (Lipinski definition) is 4. The van der Waals surface area contributed by atoms with Crippen LogP contribution in [0.15, 0.2) is 90.1 Å². The number of methoxy groups -OCH3 is 1. The Labute approximate surface area is 292 Å². The van der Waals surface area contributed by atoms with Crippen LogP contribution in [0.5, 0.6) is 0 Å². The molecule has 0 aromatic carbocycles. The lowest BCUT2D eigenvalue weighted by Gasteiger charge is -2.42. The van der Waals surface area contributed by atoms with Gasteiger partial charge in [-0.05, 0) is 33.6 Å². The molecular formula is C39H59NO9. The lowest BCUT2D eigenvalue weighted by Crippen LogP contribution is -2.49. The quantitative estimate of drug-likeness (QED) is 0.0781. The zero-order chi connectivity index (χ0) is 36.2. The van der Waals surface area contributed by atoms with Gasteiger partial charge in [0.25, 0.3) is 0 Å². The van der Waals surface area contributed by atoms with Gasteiger partial charge >= 0.3 is 0 Å². The Bertz CT molecular complexity index is 1200. The second-order valence-corrected chi connectivity index (χ2v) is 13.2. The number of hydrogen-bond acceptors (Lipinski definition) is 10. The van der Waals surface area contributed by atoms with Gasteiger partial charge in [-0.15, -0.1) is 0 Å². The van der Waals surface area contributed by atoms with Gasteiger partial charge in [-0.2, -0.15) is 4.99 Å². The molecule has 12 atom stereocenters. The fourth-order valence-electron chi connectivity index (χ4n) is 5.81. The van der Waals surface area contributed by atoms with Gasteiger partial charge in [0.15, 0.2) is 12.1 Å². The van der Waals surface area contributed by atoms with Gasteiger partial charge in [0.1, 0.15) is 0 Å². The molecule has 0 saturated carbocycles. The Kier molecular flexibility index (Phi) is 19.8. The third-order valence-electron chi connectivity index (χ3n) is 9.01. The zero-order valence-corrected chi connectivity index (χ0v) is 30.0. The van der Waals surface area contributed by atoms with E-state index in [0.717, 1.165) is 0 Å². The van der Waals surface area contributed by atoms with E-state index in [9.17, 15) is 25.2 Å². The molecule has 0 aromatic rings. The summed E-state index contributed by atoms with van der Waals surface area (Å²) < 4.78 is 23.5. The van der Waals surface area contributed by atoms with E-state index >= 15 is 0 Å². The number of ether oxygens (including phenoxy) is 4. The number of allylic oxidation sites excluding steroid dienone is 12. The summed E-state index contributed by atoms with van der Waals surface area (Å²) in [6.07, 6.45) is 26.5. The van der Waals surface area contributed by atoms with Crippen LogP contribution in [-0.4, -0.2) is 94.5 Å². The largest absolute Gasteiger partial charge is 0.393 e. The Morgan fingerprint density at radius 3 is 2.00 bits per heavy atom. The van der Waals surface area contributed by atoms with Crippen molar-refractivity contribution in [2.75, 3.05) is 7.11 Å². The van der Waals surface area contributed by atoms with E-state index in [1.807, 2.05) is 106 Å². The maximum Gasteiger partial charge on any atom is 0.235 e. The molecule has 0 unspecified atom stereocenters. The number of aliphatic imine (C=N–C) groups is 1. The first-order valence-electron chi connectivity index (χ1n) is 17.4. The third-order valence-corrected chi connectivity index (χ3v) is 9.01. The van der Waals surface area contributed by atoms with Crippen molar-refractivity contribution < 1.29 is 44.2 Å². The van der Waals surface area contributed by atoms with Crippen molar-refractivity contribution in [2.45, 2.75) is 134 Å². The van der Waals surface area contributed by atoms with Gasteiger partial charge in [-0.25, -0.2) is 4.79 Å². The van der Waals surface area contributed by atoms with Crippen LogP contribution in [0.3, 0.4) is 0 Å². The Hall–Kier alpha value is -2.76. The van der Waals surface area contributed by atoms with Crippen LogP contribution < -0.4 is 0 Å². The fraction of sp³-hybridized carbons (Fsp3) is 0.615. The summed E-state index contributed by atoms with van der Waals surface area (Å²) in [6, 6.07) is -0.507. The molecule has 2 saturated heterocycles. The van der Waals surface area contributed by atoms with E-state index < -0.39 is 48.6 Å². The molecule has 0 spiro atoms. The molecule has 49 heavy (non-hydrogen) atoms. The molecule has 2 rings (SSSR count). The summed E-state index contributed by atoms with van der Waals surface area (Å²) in [5, 5.41) is 41.4. The van der Waals surface area contributed by atoms with Crippen LogP contribution in [0.4, 0.5) is 0 Å². The maximum absolute atomic E-state index is 11.1. The normalized spacial score (nSPS) is 30.9.